The molecule has 1 heterocycles. The lowest BCUT2D eigenvalue weighted by Gasteiger charge is -2.32. The third kappa shape index (κ3) is 3.45. The Morgan fingerprint density at radius 1 is 1.32 bits per heavy atom. The van der Waals surface area contributed by atoms with Gasteiger partial charge in [-0.05, 0) is 43.1 Å². The van der Waals surface area contributed by atoms with Crippen molar-refractivity contribution in [2.45, 2.75) is 19.0 Å². The number of thiophene rings is 1. The zero-order chi connectivity index (χ0) is 13.8. The molecule has 4 heteroatoms. The highest BCUT2D eigenvalue weighted by Crippen LogP contribution is 2.31. The smallest absolute Gasteiger partial charge is 0.0474 e. The summed E-state index contributed by atoms with van der Waals surface area (Å²) in [4.78, 5) is 3.71. The molecule has 1 aromatic carbocycles. The lowest BCUT2D eigenvalue weighted by Crippen LogP contribution is -2.32. The minimum atomic E-state index is 0.231. The predicted octanol–water partition coefficient (Wildman–Crippen LogP) is 4.20. The maximum Gasteiger partial charge on any atom is 0.0474 e. The molecule has 0 radical (unpaired) electrons. The van der Waals surface area contributed by atoms with E-state index in [4.69, 9.17) is 5.73 Å². The molecule has 19 heavy (non-hydrogen) atoms. The molecule has 0 fully saturated rings. The van der Waals surface area contributed by atoms with Gasteiger partial charge in [0, 0.05) is 28.0 Å². The highest BCUT2D eigenvalue weighted by Gasteiger charge is 2.22. The van der Waals surface area contributed by atoms with Gasteiger partial charge in [-0.1, -0.05) is 34.1 Å². The van der Waals surface area contributed by atoms with Gasteiger partial charge in [-0.2, -0.15) is 0 Å². The number of hydrogen-bond donors (Lipinski definition) is 1. The largest absolute Gasteiger partial charge is 0.329 e. The molecule has 0 bridgehead atoms. The van der Waals surface area contributed by atoms with E-state index >= 15 is 0 Å². The van der Waals surface area contributed by atoms with Crippen molar-refractivity contribution >= 4 is 27.3 Å². The van der Waals surface area contributed by atoms with Gasteiger partial charge in [-0.3, -0.25) is 4.90 Å². The fourth-order valence-corrected chi connectivity index (χ4v) is 3.50. The first-order chi connectivity index (χ1) is 9.13. The van der Waals surface area contributed by atoms with Crippen LogP contribution in [0, 0.1) is 0 Å². The predicted molar refractivity (Wildman–Crippen MR) is 86.4 cm³/mol. The third-order valence-electron chi connectivity index (χ3n) is 3.51. The standard InChI is InChI=1S/C15H19BrN2S/c1-11(15-7-4-8-19-15)18(2)14(10-17)12-5-3-6-13(16)9-12/h3-9,11,14H,10,17H2,1-2H3. The number of benzene rings is 1. The van der Waals surface area contributed by atoms with Gasteiger partial charge >= 0.3 is 0 Å². The van der Waals surface area contributed by atoms with Gasteiger partial charge in [-0.25, -0.2) is 0 Å². The lowest BCUT2D eigenvalue weighted by atomic mass is 10.0. The van der Waals surface area contributed by atoms with Crippen LogP contribution in [0.25, 0.3) is 0 Å². The summed E-state index contributed by atoms with van der Waals surface area (Å²) in [6.45, 7) is 2.84. The van der Waals surface area contributed by atoms with E-state index in [0.717, 1.165) is 4.47 Å². The summed E-state index contributed by atoms with van der Waals surface area (Å²) in [5.41, 5.74) is 7.25. The molecule has 1 aromatic heterocycles. The molecule has 0 amide bonds. The van der Waals surface area contributed by atoms with Gasteiger partial charge in [0.25, 0.3) is 0 Å². The van der Waals surface area contributed by atoms with Crippen molar-refractivity contribution < 1.29 is 0 Å². The van der Waals surface area contributed by atoms with Gasteiger partial charge in [0.15, 0.2) is 0 Å². The molecule has 0 aliphatic carbocycles. The first-order valence-electron chi connectivity index (χ1n) is 6.34. The third-order valence-corrected chi connectivity index (χ3v) is 5.05. The van der Waals surface area contributed by atoms with Crippen molar-refractivity contribution in [1.82, 2.24) is 4.90 Å². The number of halogens is 1. The summed E-state index contributed by atoms with van der Waals surface area (Å²) < 4.78 is 1.10. The number of rotatable bonds is 5. The van der Waals surface area contributed by atoms with Gasteiger partial charge < -0.3 is 5.73 Å². The number of likely N-dealkylation sites (N-methyl/N-ethyl adjacent to an activating group) is 1. The molecule has 0 aliphatic heterocycles. The highest BCUT2D eigenvalue weighted by atomic mass is 79.9. The lowest BCUT2D eigenvalue weighted by molar-refractivity contribution is 0.193. The molecule has 2 N–H and O–H groups in total. The van der Waals surface area contributed by atoms with Crippen molar-refractivity contribution in [3.05, 3.63) is 56.7 Å². The van der Waals surface area contributed by atoms with Crippen LogP contribution in [0.3, 0.4) is 0 Å². The quantitative estimate of drug-likeness (QED) is 0.884. The zero-order valence-corrected chi connectivity index (χ0v) is 13.6. The highest BCUT2D eigenvalue weighted by molar-refractivity contribution is 9.10. The van der Waals surface area contributed by atoms with Crippen LogP contribution in [0.4, 0.5) is 0 Å². The molecule has 0 spiro atoms. The average Bonchev–Trinajstić information content (AvgIpc) is 2.92. The van der Waals surface area contributed by atoms with Crippen LogP contribution < -0.4 is 5.73 Å². The molecule has 0 saturated heterocycles. The molecule has 2 aromatic rings. The Morgan fingerprint density at radius 3 is 2.68 bits per heavy atom. The second kappa shape index (κ2) is 6.66. The maximum atomic E-state index is 5.99. The van der Waals surface area contributed by atoms with Gasteiger partial charge in [-0.15, -0.1) is 11.3 Å². The van der Waals surface area contributed by atoms with Crippen molar-refractivity contribution in [2.75, 3.05) is 13.6 Å². The summed E-state index contributed by atoms with van der Waals surface area (Å²) in [5, 5.41) is 2.12. The van der Waals surface area contributed by atoms with Crippen LogP contribution >= 0.6 is 27.3 Å². The van der Waals surface area contributed by atoms with E-state index in [1.54, 1.807) is 11.3 Å². The van der Waals surface area contributed by atoms with Crippen molar-refractivity contribution in [1.29, 1.82) is 0 Å². The van der Waals surface area contributed by atoms with E-state index < -0.39 is 0 Å². The van der Waals surface area contributed by atoms with Crippen LogP contribution in [-0.4, -0.2) is 18.5 Å². The van der Waals surface area contributed by atoms with E-state index in [-0.39, 0.29) is 6.04 Å². The van der Waals surface area contributed by atoms with Crippen LogP contribution in [0.15, 0.2) is 46.3 Å². The Kier molecular flexibility index (Phi) is 5.16. The maximum absolute atomic E-state index is 5.99. The molecule has 0 aliphatic rings. The summed E-state index contributed by atoms with van der Waals surface area (Å²) in [5.74, 6) is 0. The second-order valence-corrected chi connectivity index (χ2v) is 6.56. The first kappa shape index (κ1) is 14.7. The SMILES string of the molecule is CC(c1cccs1)N(C)C(CN)c1cccc(Br)c1. The molecular weight excluding hydrogens is 320 g/mol. The molecule has 2 rings (SSSR count). The minimum Gasteiger partial charge on any atom is -0.329 e. The first-order valence-corrected chi connectivity index (χ1v) is 8.01. The fourth-order valence-electron chi connectivity index (χ4n) is 2.25. The van der Waals surface area contributed by atoms with Crippen LogP contribution in [0.2, 0.25) is 0 Å². The average molecular weight is 339 g/mol. The molecule has 102 valence electrons. The summed E-state index contributed by atoms with van der Waals surface area (Å²) in [6, 6.07) is 13.3. The molecule has 2 unspecified atom stereocenters. The summed E-state index contributed by atoms with van der Waals surface area (Å²) >= 11 is 5.32. The van der Waals surface area contributed by atoms with Gasteiger partial charge in [0.1, 0.15) is 0 Å². The number of nitrogens with two attached hydrogens (primary N) is 1. The molecular formula is C15H19BrN2S. The summed E-state index contributed by atoms with van der Waals surface area (Å²) in [7, 11) is 2.14. The van der Waals surface area contributed by atoms with E-state index in [1.807, 2.05) is 6.07 Å². The van der Waals surface area contributed by atoms with E-state index in [0.29, 0.717) is 12.6 Å². The van der Waals surface area contributed by atoms with E-state index in [2.05, 4.69) is 70.5 Å². The van der Waals surface area contributed by atoms with Crippen molar-refractivity contribution in [2.24, 2.45) is 5.73 Å². The van der Waals surface area contributed by atoms with Crippen LogP contribution in [-0.2, 0) is 0 Å². The van der Waals surface area contributed by atoms with Crippen molar-refractivity contribution in [3.8, 4) is 0 Å². The summed E-state index contributed by atoms with van der Waals surface area (Å²) in [6.07, 6.45) is 0. The van der Waals surface area contributed by atoms with Gasteiger partial charge in [0.05, 0.1) is 0 Å². The Hall–Kier alpha value is -0.680. The molecule has 2 atom stereocenters. The minimum absolute atomic E-state index is 0.231. The Balaban J connectivity index is 2.22. The Morgan fingerprint density at radius 2 is 2.11 bits per heavy atom. The Bertz CT molecular complexity index is 513. The van der Waals surface area contributed by atoms with Crippen molar-refractivity contribution in [3.63, 3.8) is 0 Å². The zero-order valence-electron chi connectivity index (χ0n) is 11.2. The molecule has 2 nitrogen and oxygen atoms in total. The van der Waals surface area contributed by atoms with E-state index in [1.165, 1.54) is 10.4 Å². The monoisotopic (exact) mass is 338 g/mol. The normalized spacial score (nSPS) is 14.6. The second-order valence-electron chi connectivity index (χ2n) is 4.66. The van der Waals surface area contributed by atoms with Crippen LogP contribution in [0.5, 0.6) is 0 Å². The van der Waals surface area contributed by atoms with Gasteiger partial charge in [0.2, 0.25) is 0 Å². The van der Waals surface area contributed by atoms with Crippen LogP contribution in [0.1, 0.15) is 29.4 Å². The van der Waals surface area contributed by atoms with E-state index in [9.17, 15) is 0 Å². The Labute approximate surface area is 127 Å². The number of hydrogen-bond acceptors (Lipinski definition) is 3. The molecule has 0 saturated carbocycles. The topological polar surface area (TPSA) is 29.3 Å². The number of nitrogens with zero attached hydrogens (tertiary/aromatic N) is 1. The fraction of sp³-hybridized carbons (Fsp3) is 0.333.